The third kappa shape index (κ3) is 2.02. The number of rotatable bonds is 3. The summed E-state index contributed by atoms with van der Waals surface area (Å²) in [5.74, 6) is 3.57. The molecule has 0 aromatic carbocycles. The van der Waals surface area contributed by atoms with Gasteiger partial charge in [-0.15, -0.1) is 0 Å². The summed E-state index contributed by atoms with van der Waals surface area (Å²) in [6, 6.07) is 0. The van der Waals surface area contributed by atoms with Crippen LogP contribution in [0.15, 0.2) is 4.42 Å². The molecule has 0 spiro atoms. The zero-order chi connectivity index (χ0) is 11.8. The first-order valence-corrected chi connectivity index (χ1v) is 6.71. The highest BCUT2D eigenvalue weighted by molar-refractivity contribution is 5.37. The predicted molar refractivity (Wildman–Crippen MR) is 66.1 cm³/mol. The summed E-state index contributed by atoms with van der Waals surface area (Å²) >= 11 is 0. The Hall–Kier alpha value is -0.800. The molecule has 1 saturated carbocycles. The van der Waals surface area contributed by atoms with E-state index in [0.717, 1.165) is 26.1 Å². The molecule has 0 atom stereocenters. The highest BCUT2D eigenvalue weighted by Gasteiger charge is 2.33. The number of furan rings is 1. The minimum Gasteiger partial charge on any atom is -0.465 e. The Morgan fingerprint density at radius 2 is 1.71 bits per heavy atom. The van der Waals surface area contributed by atoms with E-state index in [0.29, 0.717) is 18.4 Å². The van der Waals surface area contributed by atoms with Crippen LogP contribution < -0.4 is 5.73 Å². The minimum atomic E-state index is 0.543. The normalized spacial score (nSPS) is 22.0. The Morgan fingerprint density at radius 1 is 1.06 bits per heavy atom. The summed E-state index contributed by atoms with van der Waals surface area (Å²) in [6.07, 6.45) is 4.71. The van der Waals surface area contributed by atoms with E-state index in [1.807, 2.05) is 0 Å². The summed E-state index contributed by atoms with van der Waals surface area (Å²) in [5.41, 5.74) is 8.45. The van der Waals surface area contributed by atoms with E-state index >= 15 is 0 Å². The minimum absolute atomic E-state index is 0.543. The van der Waals surface area contributed by atoms with Gasteiger partial charge in [-0.25, -0.2) is 0 Å². The molecule has 94 valence electrons. The van der Waals surface area contributed by atoms with Gasteiger partial charge in [-0.05, 0) is 38.2 Å². The Bertz CT molecular complexity index is 401. The van der Waals surface area contributed by atoms with Crippen LogP contribution in [0.1, 0.15) is 60.2 Å². The van der Waals surface area contributed by atoms with Crippen molar-refractivity contribution in [3.63, 3.8) is 0 Å². The van der Waals surface area contributed by atoms with Crippen molar-refractivity contribution in [2.75, 3.05) is 13.2 Å². The predicted octanol–water partition coefficient (Wildman–Crippen LogP) is 2.82. The van der Waals surface area contributed by atoms with Gasteiger partial charge < -0.3 is 14.9 Å². The second-order valence-corrected chi connectivity index (χ2v) is 5.30. The molecule has 1 aromatic rings. The Morgan fingerprint density at radius 3 is 2.29 bits per heavy atom. The van der Waals surface area contributed by atoms with Gasteiger partial charge in [0, 0.05) is 37.2 Å². The Labute approximate surface area is 102 Å². The molecule has 17 heavy (non-hydrogen) atoms. The van der Waals surface area contributed by atoms with E-state index in [2.05, 4.69) is 6.92 Å². The highest BCUT2D eigenvalue weighted by atomic mass is 16.5. The number of hydrogen-bond acceptors (Lipinski definition) is 3. The molecule has 3 rings (SSSR count). The lowest BCUT2D eigenvalue weighted by Crippen LogP contribution is -2.14. The standard InChI is InChI=1S/C14H21NO2/c1-9-12(8-15)14(10-2-3-10)17-13(9)11-4-6-16-7-5-11/h10-11H,2-8,15H2,1H3. The zero-order valence-corrected chi connectivity index (χ0v) is 10.5. The lowest BCUT2D eigenvalue weighted by molar-refractivity contribution is 0.0802. The van der Waals surface area contributed by atoms with Gasteiger partial charge in [0.05, 0.1) is 0 Å². The molecule has 2 fully saturated rings. The van der Waals surface area contributed by atoms with E-state index in [1.165, 1.54) is 35.5 Å². The van der Waals surface area contributed by atoms with Crippen LogP contribution in [0.2, 0.25) is 0 Å². The summed E-state index contributed by atoms with van der Waals surface area (Å²) in [5, 5.41) is 0. The summed E-state index contributed by atoms with van der Waals surface area (Å²) in [7, 11) is 0. The van der Waals surface area contributed by atoms with Gasteiger partial charge >= 0.3 is 0 Å². The van der Waals surface area contributed by atoms with Crippen LogP contribution in [0.5, 0.6) is 0 Å². The third-order valence-electron chi connectivity index (χ3n) is 4.08. The van der Waals surface area contributed by atoms with Gasteiger partial charge in [-0.1, -0.05) is 0 Å². The molecule has 2 N–H and O–H groups in total. The van der Waals surface area contributed by atoms with Crippen molar-refractivity contribution in [3.8, 4) is 0 Å². The fourth-order valence-corrected chi connectivity index (χ4v) is 2.87. The van der Waals surface area contributed by atoms with Crippen molar-refractivity contribution in [1.82, 2.24) is 0 Å². The van der Waals surface area contributed by atoms with Crippen molar-refractivity contribution in [2.45, 2.75) is 51.0 Å². The zero-order valence-electron chi connectivity index (χ0n) is 10.5. The molecule has 1 aliphatic carbocycles. The summed E-state index contributed by atoms with van der Waals surface area (Å²) in [6.45, 7) is 4.51. The Balaban J connectivity index is 1.92. The molecule has 0 unspecified atom stereocenters. The SMILES string of the molecule is Cc1c(C2CCOCC2)oc(C2CC2)c1CN. The largest absolute Gasteiger partial charge is 0.465 e. The van der Waals surface area contributed by atoms with Crippen LogP contribution in [0.4, 0.5) is 0 Å². The smallest absolute Gasteiger partial charge is 0.112 e. The average Bonchev–Trinajstić information content (AvgIpc) is 3.15. The lowest BCUT2D eigenvalue weighted by atomic mass is 9.93. The molecule has 0 radical (unpaired) electrons. The van der Waals surface area contributed by atoms with E-state index in [9.17, 15) is 0 Å². The van der Waals surface area contributed by atoms with Gasteiger partial charge in [-0.2, -0.15) is 0 Å². The maximum atomic E-state index is 6.16. The molecule has 2 heterocycles. The quantitative estimate of drug-likeness (QED) is 0.876. The van der Waals surface area contributed by atoms with Crippen molar-refractivity contribution >= 4 is 0 Å². The second kappa shape index (κ2) is 4.46. The number of nitrogens with two attached hydrogens (primary N) is 1. The monoisotopic (exact) mass is 235 g/mol. The summed E-state index contributed by atoms with van der Waals surface area (Å²) < 4.78 is 11.6. The molecule has 3 nitrogen and oxygen atoms in total. The molecule has 3 heteroatoms. The van der Waals surface area contributed by atoms with Crippen LogP contribution >= 0.6 is 0 Å². The van der Waals surface area contributed by atoms with E-state index in [-0.39, 0.29) is 0 Å². The molecule has 0 amide bonds. The first kappa shape index (κ1) is 11.3. The van der Waals surface area contributed by atoms with Crippen LogP contribution in [0, 0.1) is 6.92 Å². The molecule has 1 saturated heterocycles. The van der Waals surface area contributed by atoms with Crippen LogP contribution in [0.25, 0.3) is 0 Å². The topological polar surface area (TPSA) is 48.4 Å². The third-order valence-corrected chi connectivity index (χ3v) is 4.08. The van der Waals surface area contributed by atoms with Crippen molar-refractivity contribution in [2.24, 2.45) is 5.73 Å². The van der Waals surface area contributed by atoms with E-state index in [1.54, 1.807) is 0 Å². The fourth-order valence-electron chi connectivity index (χ4n) is 2.87. The van der Waals surface area contributed by atoms with E-state index in [4.69, 9.17) is 14.9 Å². The maximum Gasteiger partial charge on any atom is 0.112 e. The van der Waals surface area contributed by atoms with Gasteiger partial charge in [0.2, 0.25) is 0 Å². The van der Waals surface area contributed by atoms with E-state index < -0.39 is 0 Å². The van der Waals surface area contributed by atoms with Gasteiger partial charge in [0.15, 0.2) is 0 Å². The van der Waals surface area contributed by atoms with Crippen molar-refractivity contribution in [1.29, 1.82) is 0 Å². The molecular weight excluding hydrogens is 214 g/mol. The molecule has 1 aliphatic heterocycles. The van der Waals surface area contributed by atoms with Crippen molar-refractivity contribution < 1.29 is 9.15 Å². The number of hydrogen-bond donors (Lipinski definition) is 1. The molecular formula is C14H21NO2. The van der Waals surface area contributed by atoms with Crippen LogP contribution in [0.3, 0.4) is 0 Å². The highest BCUT2D eigenvalue weighted by Crippen LogP contribution is 2.46. The molecule has 1 aromatic heterocycles. The molecule has 0 bridgehead atoms. The second-order valence-electron chi connectivity index (χ2n) is 5.30. The Kier molecular flexibility index (Phi) is 2.97. The van der Waals surface area contributed by atoms with Gasteiger partial charge in [0.1, 0.15) is 11.5 Å². The summed E-state index contributed by atoms with van der Waals surface area (Å²) in [4.78, 5) is 0. The van der Waals surface area contributed by atoms with Gasteiger partial charge in [-0.3, -0.25) is 0 Å². The van der Waals surface area contributed by atoms with Crippen LogP contribution in [-0.4, -0.2) is 13.2 Å². The molecule has 2 aliphatic rings. The first-order chi connectivity index (χ1) is 8.31. The number of ether oxygens (including phenoxy) is 1. The average molecular weight is 235 g/mol. The maximum absolute atomic E-state index is 6.16. The van der Waals surface area contributed by atoms with Crippen LogP contribution in [-0.2, 0) is 11.3 Å². The fraction of sp³-hybridized carbons (Fsp3) is 0.714. The first-order valence-electron chi connectivity index (χ1n) is 6.71. The van der Waals surface area contributed by atoms with Crippen molar-refractivity contribution in [3.05, 3.63) is 22.6 Å². The lowest BCUT2D eigenvalue weighted by Gasteiger charge is -2.20. The van der Waals surface area contributed by atoms with Gasteiger partial charge in [0.25, 0.3) is 0 Å².